The predicted molar refractivity (Wildman–Crippen MR) is 84.5 cm³/mol. The summed E-state index contributed by atoms with van der Waals surface area (Å²) < 4.78 is 67.4. The van der Waals surface area contributed by atoms with Crippen molar-refractivity contribution in [2.75, 3.05) is 5.32 Å². The fraction of sp³-hybridized carbons (Fsp3) is 0.267. The lowest BCUT2D eigenvalue weighted by Gasteiger charge is -2.28. The van der Waals surface area contributed by atoms with Crippen molar-refractivity contribution in [2.45, 2.75) is 30.0 Å². The van der Waals surface area contributed by atoms with E-state index in [0.29, 0.717) is 0 Å². The number of hydrogen-bond donors (Lipinski definition) is 3. The van der Waals surface area contributed by atoms with Gasteiger partial charge in [0, 0.05) is 5.69 Å². The molecule has 4 N–H and O–H groups in total. The van der Waals surface area contributed by atoms with Gasteiger partial charge >= 0.3 is 6.18 Å². The van der Waals surface area contributed by atoms with Crippen molar-refractivity contribution in [3.05, 3.63) is 47.9 Å². The molecule has 2 aromatic rings. The number of nitrogens with one attached hydrogen (secondary N) is 1. The molecule has 0 aliphatic rings. The Balaban J connectivity index is 2.26. The van der Waals surface area contributed by atoms with Crippen LogP contribution in [-0.4, -0.2) is 25.6 Å². The molecule has 0 aliphatic heterocycles. The number of carbonyl (C=O) groups is 1. The van der Waals surface area contributed by atoms with E-state index >= 15 is 0 Å². The van der Waals surface area contributed by atoms with Gasteiger partial charge in [-0.25, -0.2) is 13.6 Å². The predicted octanol–water partition coefficient (Wildman–Crippen LogP) is 2.01. The average Bonchev–Trinajstić information content (AvgIpc) is 2.92. The lowest BCUT2D eigenvalue weighted by atomic mass is 9.95. The van der Waals surface area contributed by atoms with Gasteiger partial charge in [0.1, 0.15) is 11.5 Å². The maximum Gasteiger partial charge on any atom is 0.425 e. The van der Waals surface area contributed by atoms with E-state index in [4.69, 9.17) is 9.56 Å². The molecule has 0 bridgehead atoms. The van der Waals surface area contributed by atoms with Gasteiger partial charge in [0.2, 0.25) is 21.5 Å². The van der Waals surface area contributed by atoms with Gasteiger partial charge in [-0.05, 0) is 37.3 Å². The maximum atomic E-state index is 13.3. The first kappa shape index (κ1) is 19.9. The van der Waals surface area contributed by atoms with Crippen LogP contribution in [0.5, 0.6) is 0 Å². The molecule has 7 nitrogen and oxygen atoms in total. The van der Waals surface area contributed by atoms with E-state index in [0.717, 1.165) is 18.2 Å². The van der Waals surface area contributed by atoms with Crippen LogP contribution < -0.4 is 10.5 Å². The highest BCUT2D eigenvalue weighted by molar-refractivity contribution is 7.89. The fourth-order valence-corrected chi connectivity index (χ4v) is 2.73. The molecular formula is C15H15F3N2O5S. The first-order chi connectivity index (χ1) is 11.8. The molecule has 1 aromatic carbocycles. The number of aryl methyl sites for hydroxylation is 1. The molecule has 0 saturated heterocycles. The van der Waals surface area contributed by atoms with E-state index in [1.54, 1.807) is 0 Å². The Morgan fingerprint density at radius 3 is 2.42 bits per heavy atom. The highest BCUT2D eigenvalue weighted by Gasteiger charge is 2.58. The quantitative estimate of drug-likeness (QED) is 0.718. The number of nitrogens with two attached hydrogens (primary N) is 1. The summed E-state index contributed by atoms with van der Waals surface area (Å²) >= 11 is 0. The zero-order valence-corrected chi connectivity index (χ0v) is 14.2. The molecule has 0 aliphatic carbocycles. The Labute approximate surface area is 146 Å². The van der Waals surface area contributed by atoms with Crippen LogP contribution in [0.25, 0.3) is 0 Å². The van der Waals surface area contributed by atoms with E-state index in [2.05, 4.69) is 5.32 Å². The van der Waals surface area contributed by atoms with E-state index in [1.165, 1.54) is 25.1 Å². The normalized spacial score (nSPS) is 14.7. The number of rotatable bonds is 5. The van der Waals surface area contributed by atoms with Crippen molar-refractivity contribution in [3.8, 4) is 0 Å². The van der Waals surface area contributed by atoms with E-state index in [1.807, 2.05) is 0 Å². The zero-order chi connectivity index (χ0) is 19.8. The molecule has 11 heteroatoms. The fourth-order valence-electron chi connectivity index (χ4n) is 2.17. The summed E-state index contributed by atoms with van der Waals surface area (Å²) in [5.74, 6) is -1.90. The minimum Gasteiger partial charge on any atom is -0.463 e. The molecule has 1 aromatic heterocycles. The van der Waals surface area contributed by atoms with Crippen LogP contribution in [0, 0.1) is 6.92 Å². The van der Waals surface area contributed by atoms with Crippen LogP contribution in [0.4, 0.5) is 18.9 Å². The molecular weight excluding hydrogens is 377 g/mol. The number of sulfonamides is 1. The van der Waals surface area contributed by atoms with E-state index in [9.17, 15) is 31.5 Å². The number of anilines is 1. The highest BCUT2D eigenvalue weighted by Crippen LogP contribution is 2.42. The van der Waals surface area contributed by atoms with Gasteiger partial charge in [-0.2, -0.15) is 13.2 Å². The molecule has 1 atom stereocenters. The van der Waals surface area contributed by atoms with Crippen LogP contribution in [0.3, 0.4) is 0 Å². The van der Waals surface area contributed by atoms with Gasteiger partial charge in [0.15, 0.2) is 0 Å². The molecule has 0 saturated carbocycles. The summed E-state index contributed by atoms with van der Waals surface area (Å²) in [5.41, 5.74) is -3.63. The molecule has 0 fully saturated rings. The number of alkyl halides is 3. The first-order valence-electron chi connectivity index (χ1n) is 7.12. The number of hydrogen-bond acceptors (Lipinski definition) is 5. The number of primary sulfonamides is 1. The highest BCUT2D eigenvalue weighted by atomic mass is 32.2. The Kier molecular flexibility index (Phi) is 5.17. The smallest absolute Gasteiger partial charge is 0.425 e. The molecule has 1 unspecified atom stereocenters. The van der Waals surface area contributed by atoms with Crippen LogP contribution >= 0.6 is 0 Å². The summed E-state index contributed by atoms with van der Waals surface area (Å²) in [7, 11) is -4.06. The zero-order valence-electron chi connectivity index (χ0n) is 13.4. The van der Waals surface area contributed by atoms with Gasteiger partial charge < -0.3 is 14.8 Å². The molecule has 142 valence electrons. The van der Waals surface area contributed by atoms with Crippen molar-refractivity contribution < 1.29 is 35.9 Å². The van der Waals surface area contributed by atoms with Crippen molar-refractivity contribution in [1.82, 2.24) is 0 Å². The second-order valence-corrected chi connectivity index (χ2v) is 7.13. The summed E-state index contributed by atoms with van der Waals surface area (Å²) in [4.78, 5) is 11.7. The van der Waals surface area contributed by atoms with Crippen LogP contribution in [0.2, 0.25) is 0 Å². The third-order valence-corrected chi connectivity index (χ3v) is 4.39. The molecule has 2 rings (SSSR count). The van der Waals surface area contributed by atoms with Gasteiger partial charge in [0.25, 0.3) is 0 Å². The first-order valence-corrected chi connectivity index (χ1v) is 8.66. The average molecular weight is 392 g/mol. The molecule has 0 spiro atoms. The Morgan fingerprint density at radius 1 is 1.27 bits per heavy atom. The monoisotopic (exact) mass is 392 g/mol. The number of benzene rings is 1. The van der Waals surface area contributed by atoms with Crippen LogP contribution in [-0.2, 0) is 20.4 Å². The molecule has 1 heterocycles. The minimum absolute atomic E-state index is 0.0957. The van der Waals surface area contributed by atoms with E-state index in [-0.39, 0.29) is 16.3 Å². The third kappa shape index (κ3) is 4.23. The summed E-state index contributed by atoms with van der Waals surface area (Å²) in [5, 5.41) is 17.1. The molecule has 26 heavy (non-hydrogen) atoms. The second kappa shape index (κ2) is 6.74. The number of aliphatic hydroxyl groups is 1. The van der Waals surface area contributed by atoms with Crippen molar-refractivity contribution in [1.29, 1.82) is 0 Å². The number of carbonyl (C=O) groups excluding carboxylic acids is 1. The Bertz CT molecular complexity index is 923. The summed E-state index contributed by atoms with van der Waals surface area (Å²) in [6.07, 6.45) is -6.57. The van der Waals surface area contributed by atoms with Crippen molar-refractivity contribution in [3.63, 3.8) is 0 Å². The summed E-state index contributed by atoms with van der Waals surface area (Å²) in [6, 6.07) is 6.80. The maximum absolute atomic E-state index is 13.3. The topological polar surface area (TPSA) is 123 Å². The number of amides is 1. The van der Waals surface area contributed by atoms with Gasteiger partial charge in [-0.3, -0.25) is 4.79 Å². The van der Waals surface area contributed by atoms with Crippen molar-refractivity contribution >= 4 is 21.6 Å². The molecule has 1 amide bonds. The number of halogens is 3. The van der Waals surface area contributed by atoms with Crippen molar-refractivity contribution in [2.24, 2.45) is 5.14 Å². The van der Waals surface area contributed by atoms with Crippen LogP contribution in [0.15, 0.2) is 45.7 Å². The minimum atomic E-state index is -5.18. The second-order valence-electron chi connectivity index (χ2n) is 5.57. The van der Waals surface area contributed by atoms with Gasteiger partial charge in [-0.15, -0.1) is 0 Å². The van der Waals surface area contributed by atoms with E-state index < -0.39 is 39.9 Å². The Morgan fingerprint density at radius 2 is 1.92 bits per heavy atom. The summed E-state index contributed by atoms with van der Waals surface area (Å²) in [6.45, 7) is 1.39. The standard InChI is InChI=1S/C15H15F3N2O5S/c1-9-5-6-12(25-9)14(22,15(16,17)18)8-13(21)20-10-3-2-4-11(7-10)26(19,23)24/h2-7,22H,8H2,1H3,(H,20,21)(H2,19,23,24). The molecule has 0 radical (unpaired) electrons. The lowest BCUT2D eigenvalue weighted by molar-refractivity contribution is -0.272. The van der Waals surface area contributed by atoms with Gasteiger partial charge in [0.05, 0.1) is 11.3 Å². The lowest BCUT2D eigenvalue weighted by Crippen LogP contribution is -2.44. The number of furan rings is 1. The largest absolute Gasteiger partial charge is 0.463 e. The van der Waals surface area contributed by atoms with Gasteiger partial charge in [-0.1, -0.05) is 6.07 Å². The third-order valence-electron chi connectivity index (χ3n) is 3.48. The Hall–Kier alpha value is -2.37. The van der Waals surface area contributed by atoms with Crippen LogP contribution in [0.1, 0.15) is 17.9 Å². The SMILES string of the molecule is Cc1ccc(C(O)(CC(=O)Nc2cccc(S(N)(=O)=O)c2)C(F)(F)F)o1.